The van der Waals surface area contributed by atoms with Crippen LogP contribution in [-0.4, -0.2) is 26.3 Å². The van der Waals surface area contributed by atoms with Gasteiger partial charge in [0.1, 0.15) is 0 Å². The van der Waals surface area contributed by atoms with Crippen molar-refractivity contribution in [3.8, 4) is 0 Å². The Labute approximate surface area is 89.4 Å². The highest BCUT2D eigenvalue weighted by atomic mass is 16.5. The lowest BCUT2D eigenvalue weighted by atomic mass is 9.93. The van der Waals surface area contributed by atoms with Crippen LogP contribution in [0.5, 0.6) is 0 Å². The van der Waals surface area contributed by atoms with Crippen molar-refractivity contribution in [1.82, 2.24) is 5.32 Å². The molecular formula is C12H27NO. The molecule has 0 aromatic heterocycles. The number of nitrogens with one attached hydrogen (secondary N) is 1. The minimum Gasteiger partial charge on any atom is -0.377 e. The predicted molar refractivity (Wildman–Crippen MR) is 62.6 cm³/mol. The summed E-state index contributed by atoms with van der Waals surface area (Å²) < 4.78 is 5.84. The second-order valence-electron chi connectivity index (χ2n) is 5.15. The van der Waals surface area contributed by atoms with Crippen molar-refractivity contribution in [3.63, 3.8) is 0 Å². The van der Waals surface area contributed by atoms with Gasteiger partial charge in [-0.15, -0.1) is 0 Å². The third-order valence-corrected chi connectivity index (χ3v) is 2.25. The molecule has 2 heteroatoms. The largest absolute Gasteiger partial charge is 0.377 e. The monoisotopic (exact) mass is 201 g/mol. The van der Waals surface area contributed by atoms with Crippen LogP contribution in [0.2, 0.25) is 0 Å². The summed E-state index contributed by atoms with van der Waals surface area (Å²) in [6, 6.07) is 0. The molecule has 1 unspecified atom stereocenters. The van der Waals surface area contributed by atoms with Gasteiger partial charge in [0.05, 0.1) is 6.10 Å². The van der Waals surface area contributed by atoms with Gasteiger partial charge in [0.2, 0.25) is 0 Å². The van der Waals surface area contributed by atoms with Gasteiger partial charge >= 0.3 is 0 Å². The normalized spacial score (nSPS) is 14.4. The molecule has 0 aliphatic carbocycles. The molecule has 1 atom stereocenters. The van der Waals surface area contributed by atoms with E-state index in [9.17, 15) is 0 Å². The summed E-state index contributed by atoms with van der Waals surface area (Å²) in [5, 5.41) is 3.18. The van der Waals surface area contributed by atoms with Crippen molar-refractivity contribution in [1.29, 1.82) is 0 Å². The van der Waals surface area contributed by atoms with Gasteiger partial charge in [-0.3, -0.25) is 0 Å². The van der Waals surface area contributed by atoms with Gasteiger partial charge < -0.3 is 10.1 Å². The van der Waals surface area contributed by atoms with E-state index in [1.807, 2.05) is 7.05 Å². The standard InChI is InChI=1S/C12H27NO/c1-6-7-11(10-13-5)14-9-8-12(2,3)4/h11,13H,6-10H2,1-5H3. The SMILES string of the molecule is CCCC(CNC)OCCC(C)(C)C. The maximum absolute atomic E-state index is 5.84. The molecule has 0 spiro atoms. The first kappa shape index (κ1) is 13.9. The average molecular weight is 201 g/mol. The first-order valence-electron chi connectivity index (χ1n) is 5.76. The van der Waals surface area contributed by atoms with Crippen molar-refractivity contribution in [2.45, 2.75) is 53.1 Å². The molecule has 86 valence electrons. The lowest BCUT2D eigenvalue weighted by Crippen LogP contribution is -2.27. The van der Waals surface area contributed by atoms with Crippen LogP contribution in [0.25, 0.3) is 0 Å². The number of hydrogen-bond acceptors (Lipinski definition) is 2. The van der Waals surface area contributed by atoms with E-state index in [-0.39, 0.29) is 0 Å². The Bertz CT molecular complexity index is 123. The summed E-state index contributed by atoms with van der Waals surface area (Å²) in [6.45, 7) is 10.8. The van der Waals surface area contributed by atoms with E-state index in [2.05, 4.69) is 33.0 Å². The number of ether oxygens (including phenoxy) is 1. The molecule has 0 aliphatic heterocycles. The molecule has 14 heavy (non-hydrogen) atoms. The number of hydrogen-bond donors (Lipinski definition) is 1. The highest BCUT2D eigenvalue weighted by molar-refractivity contribution is 4.63. The molecule has 1 N–H and O–H groups in total. The molecule has 0 saturated carbocycles. The van der Waals surface area contributed by atoms with Gasteiger partial charge in [0.25, 0.3) is 0 Å². The van der Waals surface area contributed by atoms with E-state index < -0.39 is 0 Å². The van der Waals surface area contributed by atoms with Crippen LogP contribution in [0.4, 0.5) is 0 Å². The Hall–Kier alpha value is -0.0800. The summed E-state index contributed by atoms with van der Waals surface area (Å²) in [6.07, 6.45) is 3.89. The molecule has 0 bridgehead atoms. The Morgan fingerprint density at radius 3 is 2.36 bits per heavy atom. The second kappa shape index (κ2) is 7.24. The smallest absolute Gasteiger partial charge is 0.0699 e. The van der Waals surface area contributed by atoms with E-state index in [4.69, 9.17) is 4.74 Å². The van der Waals surface area contributed by atoms with Gasteiger partial charge in [-0.2, -0.15) is 0 Å². The Balaban J connectivity index is 3.60. The molecule has 0 fully saturated rings. The Kier molecular flexibility index (Phi) is 7.20. The van der Waals surface area contributed by atoms with Gasteiger partial charge in [-0.05, 0) is 25.3 Å². The molecule has 0 rings (SSSR count). The van der Waals surface area contributed by atoms with E-state index in [1.165, 1.54) is 6.42 Å². The van der Waals surface area contributed by atoms with E-state index >= 15 is 0 Å². The maximum atomic E-state index is 5.84. The summed E-state index contributed by atoms with van der Waals surface area (Å²) in [5.74, 6) is 0. The van der Waals surface area contributed by atoms with Crippen LogP contribution < -0.4 is 5.32 Å². The zero-order valence-electron chi connectivity index (χ0n) is 10.5. The Morgan fingerprint density at radius 2 is 1.93 bits per heavy atom. The fourth-order valence-electron chi connectivity index (χ4n) is 1.33. The van der Waals surface area contributed by atoms with Crippen LogP contribution in [0, 0.1) is 5.41 Å². The molecule has 0 saturated heterocycles. The van der Waals surface area contributed by atoms with Gasteiger partial charge in [-0.1, -0.05) is 34.1 Å². The second-order valence-corrected chi connectivity index (χ2v) is 5.15. The first-order valence-corrected chi connectivity index (χ1v) is 5.76. The van der Waals surface area contributed by atoms with E-state index in [0.717, 1.165) is 26.0 Å². The topological polar surface area (TPSA) is 21.3 Å². The van der Waals surface area contributed by atoms with Crippen LogP contribution in [0.15, 0.2) is 0 Å². The van der Waals surface area contributed by atoms with Crippen molar-refractivity contribution in [3.05, 3.63) is 0 Å². The quantitative estimate of drug-likeness (QED) is 0.684. The third kappa shape index (κ3) is 8.52. The molecule has 0 aliphatic rings. The third-order valence-electron chi connectivity index (χ3n) is 2.25. The summed E-state index contributed by atoms with van der Waals surface area (Å²) in [4.78, 5) is 0. The minimum absolute atomic E-state index is 0.385. The van der Waals surface area contributed by atoms with Crippen LogP contribution in [0.1, 0.15) is 47.0 Å². The highest BCUT2D eigenvalue weighted by Gasteiger charge is 2.12. The zero-order valence-corrected chi connectivity index (χ0v) is 10.5. The molecular weight excluding hydrogens is 174 g/mol. The minimum atomic E-state index is 0.385. The number of likely N-dealkylation sites (N-methyl/N-ethyl adjacent to an activating group) is 1. The molecule has 0 radical (unpaired) electrons. The van der Waals surface area contributed by atoms with Crippen LogP contribution in [0.3, 0.4) is 0 Å². The van der Waals surface area contributed by atoms with Crippen LogP contribution >= 0.6 is 0 Å². The van der Waals surface area contributed by atoms with Gasteiger partial charge in [-0.25, -0.2) is 0 Å². The first-order chi connectivity index (χ1) is 6.49. The number of rotatable bonds is 7. The fourth-order valence-corrected chi connectivity index (χ4v) is 1.33. The maximum Gasteiger partial charge on any atom is 0.0699 e. The lowest BCUT2D eigenvalue weighted by Gasteiger charge is -2.21. The zero-order chi connectivity index (χ0) is 11.0. The summed E-state index contributed by atoms with van der Waals surface area (Å²) >= 11 is 0. The fraction of sp³-hybridized carbons (Fsp3) is 1.00. The molecule has 2 nitrogen and oxygen atoms in total. The lowest BCUT2D eigenvalue weighted by molar-refractivity contribution is 0.0336. The van der Waals surface area contributed by atoms with Crippen molar-refractivity contribution < 1.29 is 4.74 Å². The van der Waals surface area contributed by atoms with Crippen molar-refractivity contribution in [2.75, 3.05) is 20.2 Å². The summed E-state index contributed by atoms with van der Waals surface area (Å²) in [7, 11) is 1.98. The van der Waals surface area contributed by atoms with Crippen molar-refractivity contribution >= 4 is 0 Å². The van der Waals surface area contributed by atoms with E-state index in [1.54, 1.807) is 0 Å². The molecule has 0 aromatic carbocycles. The Morgan fingerprint density at radius 1 is 1.29 bits per heavy atom. The average Bonchev–Trinajstić information content (AvgIpc) is 2.02. The molecule has 0 amide bonds. The van der Waals surface area contributed by atoms with Gasteiger partial charge in [0, 0.05) is 13.2 Å². The highest BCUT2D eigenvalue weighted by Crippen LogP contribution is 2.18. The van der Waals surface area contributed by atoms with Crippen LogP contribution in [-0.2, 0) is 4.74 Å². The molecule has 0 aromatic rings. The van der Waals surface area contributed by atoms with E-state index in [0.29, 0.717) is 11.5 Å². The predicted octanol–water partition coefficient (Wildman–Crippen LogP) is 2.83. The molecule has 0 heterocycles. The van der Waals surface area contributed by atoms with Crippen molar-refractivity contribution in [2.24, 2.45) is 5.41 Å². The van der Waals surface area contributed by atoms with Gasteiger partial charge in [0.15, 0.2) is 0 Å². The summed E-state index contributed by atoms with van der Waals surface area (Å²) in [5.41, 5.74) is 0.385.